The van der Waals surface area contributed by atoms with Crippen LogP contribution in [-0.4, -0.2) is 46.9 Å². The van der Waals surface area contributed by atoms with E-state index in [9.17, 15) is 14.4 Å². The van der Waals surface area contributed by atoms with Crippen molar-refractivity contribution in [1.29, 1.82) is 5.26 Å². The molecule has 0 saturated heterocycles. The van der Waals surface area contributed by atoms with Crippen LogP contribution in [0.4, 0.5) is 0 Å². The van der Waals surface area contributed by atoms with Gasteiger partial charge in [-0.25, -0.2) is 0 Å². The van der Waals surface area contributed by atoms with Crippen molar-refractivity contribution in [1.82, 2.24) is 10.2 Å². The van der Waals surface area contributed by atoms with Crippen molar-refractivity contribution in [3.8, 4) is 6.07 Å². The summed E-state index contributed by atoms with van der Waals surface area (Å²) in [6.45, 7) is 2.85. The molecule has 0 rings (SSSR count). The fourth-order valence-electron chi connectivity index (χ4n) is 1.08. The Labute approximate surface area is 110 Å². The van der Waals surface area contributed by atoms with Gasteiger partial charge in [0.15, 0.2) is 0 Å². The van der Waals surface area contributed by atoms with Crippen molar-refractivity contribution in [2.75, 3.05) is 13.1 Å². The van der Waals surface area contributed by atoms with Gasteiger partial charge in [-0.1, -0.05) is 0 Å². The number of nitrogens with one attached hydrogen (secondary N) is 1. The second kappa shape index (κ2) is 7.84. The number of carboxylic acid groups (broad SMARTS) is 1. The zero-order chi connectivity index (χ0) is 15.0. The van der Waals surface area contributed by atoms with E-state index in [0.29, 0.717) is 0 Å². The van der Waals surface area contributed by atoms with Crippen LogP contribution in [0.15, 0.2) is 11.8 Å². The molecule has 19 heavy (non-hydrogen) atoms. The van der Waals surface area contributed by atoms with Gasteiger partial charge in [-0.15, -0.1) is 0 Å². The van der Waals surface area contributed by atoms with Crippen molar-refractivity contribution in [2.24, 2.45) is 5.73 Å². The average Bonchev–Trinajstić information content (AvgIpc) is 2.33. The molecule has 0 fully saturated rings. The number of nitrogens with zero attached hydrogens (tertiary/aromatic N) is 2. The first kappa shape index (κ1) is 16.6. The standard InChI is InChI=1S/C11H16N4O4/c1-7(11(18)19)14-10(17)9(5-13)6-15(4-3-12)8(2)16/h6-7H,3-4,12H2,1-2H3,(H,14,17)(H,18,19)/b9-6-. The predicted octanol–water partition coefficient (Wildman–Crippen LogP) is -1.21. The Morgan fingerprint density at radius 2 is 2.11 bits per heavy atom. The first-order chi connectivity index (χ1) is 8.83. The van der Waals surface area contributed by atoms with Gasteiger partial charge in [0.1, 0.15) is 17.7 Å². The third-order valence-electron chi connectivity index (χ3n) is 2.14. The number of nitrogens with two attached hydrogens (primary N) is 1. The maximum atomic E-state index is 11.6. The van der Waals surface area contributed by atoms with Crippen LogP contribution in [0.5, 0.6) is 0 Å². The number of nitriles is 1. The maximum Gasteiger partial charge on any atom is 0.325 e. The van der Waals surface area contributed by atoms with E-state index < -0.39 is 17.9 Å². The number of hydrogen-bond acceptors (Lipinski definition) is 5. The number of carbonyl (C=O) groups is 3. The summed E-state index contributed by atoms with van der Waals surface area (Å²) in [7, 11) is 0. The molecule has 0 aliphatic carbocycles. The first-order valence-electron chi connectivity index (χ1n) is 5.46. The molecule has 4 N–H and O–H groups in total. The van der Waals surface area contributed by atoms with E-state index in [1.54, 1.807) is 6.07 Å². The Morgan fingerprint density at radius 1 is 1.53 bits per heavy atom. The van der Waals surface area contributed by atoms with Gasteiger partial charge >= 0.3 is 5.97 Å². The molecule has 0 bridgehead atoms. The Hall–Kier alpha value is -2.40. The topological polar surface area (TPSA) is 137 Å². The molecule has 104 valence electrons. The number of hydrogen-bond donors (Lipinski definition) is 3. The minimum Gasteiger partial charge on any atom is -0.480 e. The van der Waals surface area contributed by atoms with Gasteiger partial charge in [-0.05, 0) is 6.92 Å². The Morgan fingerprint density at radius 3 is 2.47 bits per heavy atom. The van der Waals surface area contributed by atoms with Gasteiger partial charge in [0.2, 0.25) is 5.91 Å². The van der Waals surface area contributed by atoms with E-state index in [-0.39, 0.29) is 24.6 Å². The van der Waals surface area contributed by atoms with Gasteiger partial charge in [0, 0.05) is 26.2 Å². The first-order valence-corrected chi connectivity index (χ1v) is 5.46. The summed E-state index contributed by atoms with van der Waals surface area (Å²) in [4.78, 5) is 34.5. The summed E-state index contributed by atoms with van der Waals surface area (Å²) in [5.74, 6) is -2.46. The second-order valence-corrected chi connectivity index (χ2v) is 3.69. The Balaban J connectivity index is 4.99. The van der Waals surface area contributed by atoms with Gasteiger partial charge in [-0.2, -0.15) is 5.26 Å². The molecule has 0 aliphatic heterocycles. The molecule has 8 heteroatoms. The molecule has 0 aromatic carbocycles. The highest BCUT2D eigenvalue weighted by Crippen LogP contribution is 1.99. The Bertz CT molecular complexity index is 438. The number of carbonyl (C=O) groups excluding carboxylic acids is 2. The summed E-state index contributed by atoms with van der Waals surface area (Å²) >= 11 is 0. The van der Waals surface area contributed by atoms with E-state index in [0.717, 1.165) is 11.1 Å². The van der Waals surface area contributed by atoms with Crippen molar-refractivity contribution in [2.45, 2.75) is 19.9 Å². The number of aliphatic carboxylic acids is 1. The van der Waals surface area contributed by atoms with Gasteiger partial charge in [-0.3, -0.25) is 14.4 Å². The molecule has 0 heterocycles. The monoisotopic (exact) mass is 268 g/mol. The largest absolute Gasteiger partial charge is 0.480 e. The molecule has 1 atom stereocenters. The van der Waals surface area contributed by atoms with E-state index in [1.165, 1.54) is 13.8 Å². The van der Waals surface area contributed by atoms with E-state index in [1.807, 2.05) is 0 Å². The van der Waals surface area contributed by atoms with Crippen LogP contribution < -0.4 is 11.1 Å². The normalized spacial score (nSPS) is 12.2. The van der Waals surface area contributed by atoms with Gasteiger partial charge in [0.25, 0.3) is 5.91 Å². The molecule has 0 aliphatic rings. The number of carboxylic acids is 1. The number of rotatable bonds is 6. The predicted molar refractivity (Wildman–Crippen MR) is 65.4 cm³/mol. The number of amides is 2. The van der Waals surface area contributed by atoms with Crippen molar-refractivity contribution in [3.05, 3.63) is 11.8 Å². The summed E-state index contributed by atoms with van der Waals surface area (Å²) < 4.78 is 0. The van der Waals surface area contributed by atoms with Crippen LogP contribution in [0.3, 0.4) is 0 Å². The van der Waals surface area contributed by atoms with Crippen LogP contribution in [0, 0.1) is 11.3 Å². The average molecular weight is 268 g/mol. The molecule has 0 aromatic rings. The van der Waals surface area contributed by atoms with Crippen LogP contribution in [0.25, 0.3) is 0 Å². The molecule has 8 nitrogen and oxygen atoms in total. The van der Waals surface area contributed by atoms with E-state index >= 15 is 0 Å². The Kier molecular flexibility index (Phi) is 6.85. The SMILES string of the molecule is CC(=O)N(/C=C(/C#N)C(=O)NC(C)C(=O)O)CCN. The molecule has 0 spiro atoms. The van der Waals surface area contributed by atoms with Crippen LogP contribution >= 0.6 is 0 Å². The van der Waals surface area contributed by atoms with E-state index in [4.69, 9.17) is 16.1 Å². The fourth-order valence-corrected chi connectivity index (χ4v) is 1.08. The maximum absolute atomic E-state index is 11.6. The quantitative estimate of drug-likeness (QED) is 0.408. The summed E-state index contributed by atoms with van der Waals surface area (Å²) in [6.07, 6.45) is 1.05. The lowest BCUT2D eigenvalue weighted by Crippen LogP contribution is -2.39. The molecule has 0 saturated carbocycles. The van der Waals surface area contributed by atoms with Crippen LogP contribution in [0.1, 0.15) is 13.8 Å². The highest BCUT2D eigenvalue weighted by molar-refractivity contribution is 5.99. The highest BCUT2D eigenvalue weighted by atomic mass is 16.4. The smallest absolute Gasteiger partial charge is 0.325 e. The van der Waals surface area contributed by atoms with Crippen LogP contribution in [0.2, 0.25) is 0 Å². The van der Waals surface area contributed by atoms with Crippen molar-refractivity contribution >= 4 is 17.8 Å². The fraction of sp³-hybridized carbons (Fsp3) is 0.455. The summed E-state index contributed by atoms with van der Waals surface area (Å²) in [5.41, 5.74) is 4.93. The minimum absolute atomic E-state index is 0.155. The van der Waals surface area contributed by atoms with Gasteiger partial charge < -0.3 is 21.1 Å². The molecular weight excluding hydrogens is 252 g/mol. The van der Waals surface area contributed by atoms with Gasteiger partial charge in [0.05, 0.1) is 0 Å². The minimum atomic E-state index is -1.23. The summed E-state index contributed by atoms with van der Waals surface area (Å²) in [6, 6.07) is 0.477. The molecular formula is C11H16N4O4. The third kappa shape index (κ3) is 5.65. The lowest BCUT2D eigenvalue weighted by molar-refractivity contribution is -0.140. The van der Waals surface area contributed by atoms with E-state index in [2.05, 4.69) is 5.32 Å². The van der Waals surface area contributed by atoms with Crippen LogP contribution in [-0.2, 0) is 14.4 Å². The zero-order valence-corrected chi connectivity index (χ0v) is 10.7. The van der Waals surface area contributed by atoms with Crippen molar-refractivity contribution in [3.63, 3.8) is 0 Å². The second-order valence-electron chi connectivity index (χ2n) is 3.69. The zero-order valence-electron chi connectivity index (χ0n) is 10.7. The summed E-state index contributed by atoms with van der Waals surface area (Å²) in [5, 5.41) is 19.6. The molecule has 0 radical (unpaired) electrons. The molecule has 2 amide bonds. The highest BCUT2D eigenvalue weighted by Gasteiger charge is 2.18. The lowest BCUT2D eigenvalue weighted by atomic mass is 10.2. The third-order valence-corrected chi connectivity index (χ3v) is 2.14. The van der Waals surface area contributed by atoms with Crippen molar-refractivity contribution < 1.29 is 19.5 Å². The lowest BCUT2D eigenvalue weighted by Gasteiger charge is -2.16. The molecule has 0 aromatic heterocycles. The molecule has 1 unspecified atom stereocenters.